The van der Waals surface area contributed by atoms with Gasteiger partial charge in [-0.05, 0) is 98.0 Å². The van der Waals surface area contributed by atoms with Crippen molar-refractivity contribution in [1.82, 2.24) is 4.90 Å². The fourth-order valence-electron chi connectivity index (χ4n) is 4.86. The van der Waals surface area contributed by atoms with Gasteiger partial charge in [-0.15, -0.1) is 11.3 Å². The van der Waals surface area contributed by atoms with Crippen molar-refractivity contribution in [2.24, 2.45) is 0 Å². The smallest absolute Gasteiger partial charge is 0.312 e. The molecule has 160 valence electrons. The zero-order valence-electron chi connectivity index (χ0n) is 18.0. The SMILES string of the molecule is Cc1ccc(NC(=O)N2CCc3c(sc4c3CCCC4)[C@H]2c2ccc(F)cc2)cc1C. The number of aryl methyl sites for hydroxylation is 3. The largest absolute Gasteiger partial charge is 0.322 e. The number of carbonyl (C=O) groups is 1. The molecule has 3 aromatic rings. The summed E-state index contributed by atoms with van der Waals surface area (Å²) < 4.78 is 13.7. The van der Waals surface area contributed by atoms with Crippen molar-refractivity contribution in [2.75, 3.05) is 11.9 Å². The second-order valence-electron chi connectivity index (χ2n) is 8.68. The van der Waals surface area contributed by atoms with Gasteiger partial charge in [0.25, 0.3) is 0 Å². The molecule has 1 aliphatic carbocycles. The normalized spacial score (nSPS) is 17.8. The maximum atomic E-state index is 13.7. The van der Waals surface area contributed by atoms with Crippen LogP contribution in [0.3, 0.4) is 0 Å². The number of hydrogen-bond acceptors (Lipinski definition) is 2. The van der Waals surface area contributed by atoms with Crippen LogP contribution >= 0.6 is 11.3 Å². The highest BCUT2D eigenvalue weighted by Crippen LogP contribution is 2.45. The van der Waals surface area contributed by atoms with E-state index in [2.05, 4.69) is 19.2 Å². The number of urea groups is 1. The first-order chi connectivity index (χ1) is 15.0. The number of nitrogens with zero attached hydrogens (tertiary/aromatic N) is 1. The summed E-state index contributed by atoms with van der Waals surface area (Å²) >= 11 is 1.86. The van der Waals surface area contributed by atoms with Crippen LogP contribution in [0.2, 0.25) is 0 Å². The zero-order chi connectivity index (χ0) is 21.5. The number of rotatable bonds is 2. The monoisotopic (exact) mass is 434 g/mol. The van der Waals surface area contributed by atoms with E-state index in [1.54, 1.807) is 0 Å². The van der Waals surface area contributed by atoms with Crippen LogP contribution in [-0.4, -0.2) is 17.5 Å². The molecular weight excluding hydrogens is 407 g/mol. The number of halogens is 1. The molecule has 2 aliphatic rings. The van der Waals surface area contributed by atoms with E-state index < -0.39 is 0 Å². The molecule has 1 N–H and O–H groups in total. The first-order valence-corrected chi connectivity index (χ1v) is 11.9. The van der Waals surface area contributed by atoms with Gasteiger partial charge in [0.05, 0.1) is 6.04 Å². The Morgan fingerprint density at radius 1 is 1.00 bits per heavy atom. The van der Waals surface area contributed by atoms with Gasteiger partial charge < -0.3 is 10.2 Å². The van der Waals surface area contributed by atoms with Crippen molar-refractivity contribution in [3.05, 3.63) is 85.9 Å². The van der Waals surface area contributed by atoms with E-state index in [0.717, 1.165) is 36.1 Å². The predicted molar refractivity (Wildman–Crippen MR) is 125 cm³/mol. The lowest BCUT2D eigenvalue weighted by Gasteiger charge is -2.36. The van der Waals surface area contributed by atoms with Crippen molar-refractivity contribution in [3.63, 3.8) is 0 Å². The molecule has 2 amide bonds. The molecule has 31 heavy (non-hydrogen) atoms. The Balaban J connectivity index is 1.52. The number of carbonyl (C=O) groups excluding carboxylic acids is 1. The van der Waals surface area contributed by atoms with Gasteiger partial charge >= 0.3 is 6.03 Å². The number of thiophene rings is 1. The molecule has 1 atom stereocenters. The molecule has 3 nitrogen and oxygen atoms in total. The Bertz CT molecular complexity index is 1140. The summed E-state index contributed by atoms with van der Waals surface area (Å²) in [7, 11) is 0. The van der Waals surface area contributed by atoms with Crippen LogP contribution in [0.25, 0.3) is 0 Å². The molecule has 0 fully saturated rings. The van der Waals surface area contributed by atoms with Crippen molar-refractivity contribution in [1.29, 1.82) is 0 Å². The van der Waals surface area contributed by atoms with E-state index in [-0.39, 0.29) is 17.9 Å². The van der Waals surface area contributed by atoms with Crippen molar-refractivity contribution < 1.29 is 9.18 Å². The average Bonchev–Trinajstić information content (AvgIpc) is 3.15. The number of anilines is 1. The van der Waals surface area contributed by atoms with E-state index in [9.17, 15) is 9.18 Å². The topological polar surface area (TPSA) is 32.3 Å². The van der Waals surface area contributed by atoms with Crippen LogP contribution in [0, 0.1) is 19.7 Å². The molecular formula is C26H27FN2OS. The highest BCUT2D eigenvalue weighted by atomic mass is 32.1. The van der Waals surface area contributed by atoms with E-state index >= 15 is 0 Å². The Kier molecular flexibility index (Phi) is 5.30. The Labute approximate surface area is 186 Å². The number of amides is 2. The number of nitrogens with one attached hydrogen (secondary N) is 1. The molecule has 2 aromatic carbocycles. The molecule has 0 unspecified atom stereocenters. The lowest BCUT2D eigenvalue weighted by molar-refractivity contribution is 0.195. The van der Waals surface area contributed by atoms with Gasteiger partial charge in [0.2, 0.25) is 0 Å². The molecule has 1 aliphatic heterocycles. The highest BCUT2D eigenvalue weighted by Gasteiger charge is 2.36. The number of fused-ring (bicyclic) bond motifs is 3. The maximum Gasteiger partial charge on any atom is 0.322 e. The van der Waals surface area contributed by atoms with Crippen LogP contribution in [0.5, 0.6) is 0 Å². The number of hydrogen-bond donors (Lipinski definition) is 1. The minimum absolute atomic E-state index is 0.102. The first-order valence-electron chi connectivity index (χ1n) is 11.0. The minimum Gasteiger partial charge on any atom is -0.312 e. The van der Waals surface area contributed by atoms with Crippen LogP contribution in [0.15, 0.2) is 42.5 Å². The van der Waals surface area contributed by atoms with Gasteiger partial charge in [-0.25, -0.2) is 9.18 Å². The summed E-state index contributed by atoms with van der Waals surface area (Å²) in [6, 6.07) is 12.4. The summed E-state index contributed by atoms with van der Waals surface area (Å²) in [5.74, 6) is -0.253. The van der Waals surface area contributed by atoms with Crippen LogP contribution in [-0.2, 0) is 19.3 Å². The highest BCUT2D eigenvalue weighted by molar-refractivity contribution is 7.12. The fourth-order valence-corrected chi connectivity index (χ4v) is 6.44. The molecule has 0 spiro atoms. The van der Waals surface area contributed by atoms with E-state index in [4.69, 9.17) is 0 Å². The molecule has 0 bridgehead atoms. The second kappa shape index (κ2) is 8.12. The van der Waals surface area contributed by atoms with Crippen molar-refractivity contribution >= 4 is 23.1 Å². The lowest BCUT2D eigenvalue weighted by Crippen LogP contribution is -2.42. The molecule has 2 heterocycles. The van der Waals surface area contributed by atoms with Gasteiger partial charge in [-0.1, -0.05) is 18.2 Å². The number of benzene rings is 2. The zero-order valence-corrected chi connectivity index (χ0v) is 18.8. The van der Waals surface area contributed by atoms with E-state index in [1.807, 2.05) is 46.6 Å². The standard InChI is InChI=1S/C26H27FN2OS/c1-16-7-12-20(15-17(16)2)28-26(30)29-14-13-22-21-5-3-4-6-23(21)31-25(22)24(29)18-8-10-19(27)11-9-18/h7-12,15,24H,3-6,13-14H2,1-2H3,(H,28,30)/t24-/m1/s1. The van der Waals surface area contributed by atoms with E-state index in [0.29, 0.717) is 6.54 Å². The van der Waals surface area contributed by atoms with Crippen molar-refractivity contribution in [3.8, 4) is 0 Å². The minimum atomic E-state index is -0.253. The summed E-state index contributed by atoms with van der Waals surface area (Å²) in [6.45, 7) is 4.78. The van der Waals surface area contributed by atoms with Crippen LogP contribution in [0.1, 0.15) is 56.5 Å². The van der Waals surface area contributed by atoms with Gasteiger partial charge in [-0.2, -0.15) is 0 Å². The third kappa shape index (κ3) is 3.76. The fraction of sp³-hybridized carbons (Fsp3) is 0.346. The molecule has 0 saturated heterocycles. The Hall–Kier alpha value is -2.66. The van der Waals surface area contributed by atoms with Gasteiger partial charge in [-0.3, -0.25) is 0 Å². The Morgan fingerprint density at radius 3 is 2.55 bits per heavy atom. The molecule has 1 aromatic heterocycles. The summed E-state index contributed by atoms with van der Waals surface area (Å²) in [5, 5.41) is 3.10. The molecule has 0 radical (unpaired) electrons. The van der Waals surface area contributed by atoms with Crippen LogP contribution in [0.4, 0.5) is 14.9 Å². The summed E-state index contributed by atoms with van der Waals surface area (Å²) in [4.78, 5) is 18.1. The first kappa shape index (κ1) is 20.3. The third-order valence-electron chi connectivity index (χ3n) is 6.68. The van der Waals surface area contributed by atoms with Gasteiger partial charge in [0.15, 0.2) is 0 Å². The lowest BCUT2D eigenvalue weighted by atomic mass is 9.88. The van der Waals surface area contributed by atoms with Gasteiger partial charge in [0, 0.05) is 22.0 Å². The molecule has 5 rings (SSSR count). The van der Waals surface area contributed by atoms with Crippen LogP contribution < -0.4 is 5.32 Å². The predicted octanol–water partition coefficient (Wildman–Crippen LogP) is 6.56. The molecule has 5 heteroatoms. The summed E-state index contributed by atoms with van der Waals surface area (Å²) in [5.41, 5.74) is 7.09. The second-order valence-corrected chi connectivity index (χ2v) is 9.82. The van der Waals surface area contributed by atoms with Crippen molar-refractivity contribution in [2.45, 2.75) is 52.0 Å². The Morgan fingerprint density at radius 2 is 1.77 bits per heavy atom. The maximum absolute atomic E-state index is 13.7. The summed E-state index contributed by atoms with van der Waals surface area (Å²) in [6.07, 6.45) is 5.66. The molecule has 0 saturated carbocycles. The van der Waals surface area contributed by atoms with E-state index in [1.165, 1.54) is 51.4 Å². The average molecular weight is 435 g/mol. The quantitative estimate of drug-likeness (QED) is 0.486. The van der Waals surface area contributed by atoms with Gasteiger partial charge in [0.1, 0.15) is 5.82 Å². The third-order valence-corrected chi connectivity index (χ3v) is 8.07.